The smallest absolute Gasteiger partial charge is 0.407 e. The van der Waals surface area contributed by atoms with Gasteiger partial charge in [0.1, 0.15) is 6.04 Å². The summed E-state index contributed by atoms with van der Waals surface area (Å²) < 4.78 is 4.59. The topological polar surface area (TPSA) is 82.5 Å². The molecule has 2 amide bonds. The van der Waals surface area contributed by atoms with Gasteiger partial charge in [0.15, 0.2) is 0 Å². The number of ether oxygens (including phenoxy) is 1. The quantitative estimate of drug-likeness (QED) is 0.737. The first-order valence-corrected chi connectivity index (χ1v) is 7.64. The first kappa shape index (κ1) is 17.5. The zero-order valence-electron chi connectivity index (χ0n) is 13.4. The van der Waals surface area contributed by atoms with E-state index in [9.17, 15) is 9.59 Å². The van der Waals surface area contributed by atoms with Crippen molar-refractivity contribution in [3.05, 3.63) is 0 Å². The van der Waals surface area contributed by atoms with Gasteiger partial charge in [0.2, 0.25) is 5.91 Å². The van der Waals surface area contributed by atoms with E-state index in [4.69, 9.17) is 5.41 Å². The fourth-order valence-electron chi connectivity index (χ4n) is 2.71. The Morgan fingerprint density at radius 2 is 2.10 bits per heavy atom. The molecule has 2 atom stereocenters. The van der Waals surface area contributed by atoms with E-state index in [0.717, 1.165) is 19.3 Å². The number of nitrogens with one attached hydrogen (secondary N) is 2. The van der Waals surface area contributed by atoms with Gasteiger partial charge in [-0.3, -0.25) is 4.79 Å². The normalized spacial score (nSPS) is 19.5. The van der Waals surface area contributed by atoms with Gasteiger partial charge in [0.25, 0.3) is 0 Å². The van der Waals surface area contributed by atoms with Crippen molar-refractivity contribution in [3.63, 3.8) is 0 Å². The van der Waals surface area contributed by atoms with Crippen LogP contribution in [-0.4, -0.2) is 48.4 Å². The second kappa shape index (κ2) is 8.00. The minimum absolute atomic E-state index is 0.0294. The number of hydrogen-bond acceptors (Lipinski definition) is 4. The van der Waals surface area contributed by atoms with E-state index >= 15 is 0 Å². The number of carbonyl (C=O) groups is 2. The average Bonchev–Trinajstić information content (AvgIpc) is 2.93. The fourth-order valence-corrected chi connectivity index (χ4v) is 2.71. The molecule has 1 saturated heterocycles. The van der Waals surface area contributed by atoms with Gasteiger partial charge < -0.3 is 20.4 Å². The number of carbonyl (C=O) groups excluding carboxylic acids is 2. The van der Waals surface area contributed by atoms with Crippen molar-refractivity contribution < 1.29 is 14.3 Å². The molecule has 21 heavy (non-hydrogen) atoms. The Balaban J connectivity index is 2.82. The third-order valence-corrected chi connectivity index (χ3v) is 3.85. The van der Waals surface area contributed by atoms with Gasteiger partial charge in [-0.15, -0.1) is 0 Å². The molecule has 1 heterocycles. The maximum Gasteiger partial charge on any atom is 0.407 e. The zero-order chi connectivity index (χ0) is 16.0. The van der Waals surface area contributed by atoms with Crippen LogP contribution >= 0.6 is 0 Å². The molecule has 6 heteroatoms. The van der Waals surface area contributed by atoms with Crippen LogP contribution in [-0.2, 0) is 9.53 Å². The largest absolute Gasteiger partial charge is 0.453 e. The van der Waals surface area contributed by atoms with Crippen molar-refractivity contribution >= 4 is 17.7 Å². The molecule has 1 aliphatic heterocycles. The molecule has 0 spiro atoms. The number of hydrogen-bond donors (Lipinski definition) is 2. The number of alkyl carbamates (subject to hydrolysis) is 1. The lowest BCUT2D eigenvalue weighted by Gasteiger charge is -2.31. The summed E-state index contributed by atoms with van der Waals surface area (Å²) in [5, 5.41) is 10.7. The Hall–Kier alpha value is -1.59. The monoisotopic (exact) mass is 297 g/mol. The van der Waals surface area contributed by atoms with Crippen molar-refractivity contribution in [2.75, 3.05) is 13.7 Å². The molecule has 0 aliphatic carbocycles. The molecule has 0 saturated carbocycles. The third-order valence-electron chi connectivity index (χ3n) is 3.85. The molecule has 1 rings (SSSR count). The van der Waals surface area contributed by atoms with Crippen LogP contribution in [0.15, 0.2) is 0 Å². The Morgan fingerprint density at radius 3 is 2.62 bits per heavy atom. The SMILES string of the molecule is CCCC(=N)C1CCCN1C(=O)C(NC(=O)OC)C(C)C. The number of amides is 2. The maximum atomic E-state index is 12.7. The van der Waals surface area contributed by atoms with Gasteiger partial charge in [0.05, 0.1) is 13.2 Å². The minimum Gasteiger partial charge on any atom is -0.453 e. The molecule has 0 aromatic heterocycles. The van der Waals surface area contributed by atoms with Gasteiger partial charge in [-0.1, -0.05) is 27.2 Å². The van der Waals surface area contributed by atoms with Crippen LogP contribution in [0.4, 0.5) is 4.79 Å². The predicted octanol–water partition coefficient (Wildman–Crippen LogP) is 2.18. The van der Waals surface area contributed by atoms with Gasteiger partial charge in [0, 0.05) is 12.3 Å². The molecule has 1 aliphatic rings. The van der Waals surface area contributed by atoms with Crippen LogP contribution in [0.1, 0.15) is 46.5 Å². The molecule has 0 bridgehead atoms. The van der Waals surface area contributed by atoms with Gasteiger partial charge in [-0.05, 0) is 25.2 Å². The lowest BCUT2D eigenvalue weighted by atomic mass is 10.0. The van der Waals surface area contributed by atoms with Crippen molar-refractivity contribution in [2.24, 2.45) is 5.92 Å². The van der Waals surface area contributed by atoms with Gasteiger partial charge in [-0.25, -0.2) is 4.79 Å². The van der Waals surface area contributed by atoms with E-state index in [1.54, 1.807) is 4.90 Å². The minimum atomic E-state index is -0.604. The van der Waals surface area contributed by atoms with Crippen molar-refractivity contribution in [2.45, 2.75) is 58.5 Å². The van der Waals surface area contributed by atoms with Gasteiger partial charge >= 0.3 is 6.09 Å². The second-order valence-electron chi connectivity index (χ2n) is 5.82. The predicted molar refractivity (Wildman–Crippen MR) is 81.5 cm³/mol. The lowest BCUT2D eigenvalue weighted by Crippen LogP contribution is -2.53. The van der Waals surface area contributed by atoms with E-state index in [0.29, 0.717) is 18.7 Å². The molecule has 2 N–H and O–H groups in total. The number of likely N-dealkylation sites (tertiary alicyclic amines) is 1. The first-order valence-electron chi connectivity index (χ1n) is 7.64. The number of nitrogens with zero attached hydrogens (tertiary/aromatic N) is 1. The molecule has 120 valence electrons. The van der Waals surface area contributed by atoms with Crippen molar-refractivity contribution in [1.29, 1.82) is 5.41 Å². The van der Waals surface area contributed by atoms with Crippen molar-refractivity contribution in [3.8, 4) is 0 Å². The van der Waals surface area contributed by atoms with E-state index < -0.39 is 12.1 Å². The second-order valence-corrected chi connectivity index (χ2v) is 5.82. The van der Waals surface area contributed by atoms with Crippen LogP contribution in [0.3, 0.4) is 0 Å². The molecule has 6 nitrogen and oxygen atoms in total. The average molecular weight is 297 g/mol. The summed E-state index contributed by atoms with van der Waals surface area (Å²) in [6.45, 7) is 6.47. The summed E-state index contributed by atoms with van der Waals surface area (Å²) in [7, 11) is 1.28. The highest BCUT2D eigenvalue weighted by Gasteiger charge is 2.36. The molecule has 0 radical (unpaired) electrons. The number of methoxy groups -OCH3 is 1. The Labute approximate surface area is 126 Å². The van der Waals surface area contributed by atoms with E-state index in [1.807, 2.05) is 20.8 Å². The highest BCUT2D eigenvalue weighted by atomic mass is 16.5. The van der Waals surface area contributed by atoms with Gasteiger partial charge in [-0.2, -0.15) is 0 Å². The third kappa shape index (κ3) is 4.44. The first-order chi connectivity index (χ1) is 9.92. The van der Waals surface area contributed by atoms with E-state index in [-0.39, 0.29) is 17.9 Å². The number of rotatable bonds is 6. The fraction of sp³-hybridized carbons (Fsp3) is 0.800. The highest BCUT2D eigenvalue weighted by Crippen LogP contribution is 2.22. The zero-order valence-corrected chi connectivity index (χ0v) is 13.4. The van der Waals surface area contributed by atoms with E-state index in [2.05, 4.69) is 10.1 Å². The molecular weight excluding hydrogens is 270 g/mol. The summed E-state index contributed by atoms with van der Waals surface area (Å²) in [5.74, 6) is -0.142. The molecule has 1 fully saturated rings. The van der Waals surface area contributed by atoms with Crippen LogP contribution in [0, 0.1) is 11.3 Å². The summed E-state index contributed by atoms with van der Waals surface area (Å²) in [6, 6.07) is -0.717. The lowest BCUT2D eigenvalue weighted by molar-refractivity contribution is -0.134. The standard InChI is InChI=1S/C15H27N3O3/c1-5-7-11(16)12-8-6-9-18(12)14(19)13(10(2)3)17-15(20)21-4/h10,12-13,16H,5-9H2,1-4H3,(H,17,20). The Bertz CT molecular complexity index is 396. The molecule has 0 aromatic carbocycles. The van der Waals surface area contributed by atoms with Crippen LogP contribution in [0.5, 0.6) is 0 Å². The van der Waals surface area contributed by atoms with Crippen LogP contribution in [0.2, 0.25) is 0 Å². The van der Waals surface area contributed by atoms with Crippen LogP contribution in [0.25, 0.3) is 0 Å². The summed E-state index contributed by atoms with van der Waals surface area (Å²) >= 11 is 0. The highest BCUT2D eigenvalue weighted by molar-refractivity contribution is 5.94. The van der Waals surface area contributed by atoms with Crippen LogP contribution < -0.4 is 5.32 Å². The Kier molecular flexibility index (Phi) is 6.65. The summed E-state index contributed by atoms with van der Waals surface area (Å²) in [6.07, 6.45) is 2.77. The molecular formula is C15H27N3O3. The maximum absolute atomic E-state index is 12.7. The molecule has 0 aromatic rings. The van der Waals surface area contributed by atoms with Crippen molar-refractivity contribution in [1.82, 2.24) is 10.2 Å². The Morgan fingerprint density at radius 1 is 1.43 bits per heavy atom. The summed E-state index contributed by atoms with van der Waals surface area (Å²) in [4.78, 5) is 25.9. The van der Waals surface area contributed by atoms with E-state index in [1.165, 1.54) is 7.11 Å². The summed E-state index contributed by atoms with van der Waals surface area (Å²) in [5.41, 5.74) is 0.615. The molecule has 2 unspecified atom stereocenters.